The normalized spacial score (nSPS) is 18.6. The number of fused-ring (bicyclic) bond motifs is 1. The van der Waals surface area contributed by atoms with Crippen LogP contribution in [0.1, 0.15) is 42.7 Å². The van der Waals surface area contributed by atoms with Gasteiger partial charge in [0.1, 0.15) is 5.82 Å². The minimum absolute atomic E-state index is 0.183. The Morgan fingerprint density at radius 2 is 1.75 bits per heavy atom. The first-order valence-electron chi connectivity index (χ1n) is 10.6. The molecular formula is C27H23F3O2. The molecule has 0 aliphatic carbocycles. The summed E-state index contributed by atoms with van der Waals surface area (Å²) in [7, 11) is 0. The Morgan fingerprint density at radius 1 is 0.938 bits per heavy atom. The van der Waals surface area contributed by atoms with E-state index in [0.717, 1.165) is 18.9 Å². The van der Waals surface area contributed by atoms with Crippen molar-refractivity contribution in [2.24, 2.45) is 5.92 Å². The van der Waals surface area contributed by atoms with Crippen molar-refractivity contribution in [2.75, 3.05) is 13.2 Å². The molecule has 4 rings (SSSR count). The fourth-order valence-corrected chi connectivity index (χ4v) is 3.66. The molecule has 2 nitrogen and oxygen atoms in total. The lowest BCUT2D eigenvalue weighted by atomic mass is 10.0. The van der Waals surface area contributed by atoms with Crippen molar-refractivity contribution in [1.29, 1.82) is 0 Å². The SMILES string of the molecule is C/C=C/CCC1COC(c2ccc(C#Cc3ccc4c(F)c(F)ccc4c3)c(F)c2)OC1. The molecule has 1 heterocycles. The summed E-state index contributed by atoms with van der Waals surface area (Å²) in [4.78, 5) is 0. The monoisotopic (exact) mass is 436 g/mol. The highest BCUT2D eigenvalue weighted by molar-refractivity contribution is 5.84. The Balaban J connectivity index is 1.44. The number of allylic oxidation sites excluding steroid dienone is 2. The molecule has 0 amide bonds. The quantitative estimate of drug-likeness (QED) is 0.336. The second-order valence-electron chi connectivity index (χ2n) is 7.80. The van der Waals surface area contributed by atoms with E-state index in [1.165, 1.54) is 18.2 Å². The van der Waals surface area contributed by atoms with E-state index >= 15 is 0 Å². The topological polar surface area (TPSA) is 18.5 Å². The zero-order valence-corrected chi connectivity index (χ0v) is 17.7. The Labute approximate surface area is 185 Å². The summed E-state index contributed by atoms with van der Waals surface area (Å²) in [5.41, 5.74) is 1.43. The molecule has 3 aromatic rings. The maximum absolute atomic E-state index is 14.6. The summed E-state index contributed by atoms with van der Waals surface area (Å²) in [6.07, 6.45) is 5.55. The summed E-state index contributed by atoms with van der Waals surface area (Å²) >= 11 is 0. The van der Waals surface area contributed by atoms with Crippen molar-refractivity contribution in [3.05, 3.63) is 94.8 Å². The molecule has 0 unspecified atom stereocenters. The van der Waals surface area contributed by atoms with Gasteiger partial charge in [0, 0.05) is 22.4 Å². The number of halogens is 3. The highest BCUT2D eigenvalue weighted by Gasteiger charge is 2.23. The van der Waals surface area contributed by atoms with E-state index in [1.807, 2.05) is 13.0 Å². The maximum Gasteiger partial charge on any atom is 0.183 e. The molecule has 0 saturated carbocycles. The van der Waals surface area contributed by atoms with E-state index < -0.39 is 23.7 Å². The molecule has 164 valence electrons. The van der Waals surface area contributed by atoms with Gasteiger partial charge in [-0.1, -0.05) is 42.2 Å². The third kappa shape index (κ3) is 5.04. The van der Waals surface area contributed by atoms with E-state index in [9.17, 15) is 13.2 Å². The number of hydrogen-bond acceptors (Lipinski definition) is 2. The van der Waals surface area contributed by atoms with Gasteiger partial charge in [-0.15, -0.1) is 0 Å². The van der Waals surface area contributed by atoms with Crippen LogP contribution in [0.3, 0.4) is 0 Å². The molecule has 0 aromatic heterocycles. The lowest BCUT2D eigenvalue weighted by molar-refractivity contribution is -0.205. The standard InChI is InChI=1S/C27H23F3O2/c1-2-3-4-5-19-16-31-27(32-17-19)22-10-9-20(25(29)15-22)8-6-18-7-12-23-21(14-18)11-13-24(28)26(23)30/h2-3,7,9-15,19,27H,4-5,16-17H2,1H3/b3-2+. The van der Waals surface area contributed by atoms with Gasteiger partial charge in [-0.3, -0.25) is 0 Å². The molecule has 0 bridgehead atoms. The number of hydrogen-bond donors (Lipinski definition) is 0. The summed E-state index contributed by atoms with van der Waals surface area (Å²) in [5.74, 6) is 3.78. The average Bonchev–Trinajstić information content (AvgIpc) is 2.81. The zero-order valence-electron chi connectivity index (χ0n) is 17.7. The van der Waals surface area contributed by atoms with Gasteiger partial charge in [-0.2, -0.15) is 0 Å². The van der Waals surface area contributed by atoms with Crippen LogP contribution < -0.4 is 0 Å². The Bertz CT molecular complexity index is 1200. The van der Waals surface area contributed by atoms with Crippen molar-refractivity contribution in [3.63, 3.8) is 0 Å². The number of rotatable bonds is 4. The van der Waals surface area contributed by atoms with Crippen molar-refractivity contribution in [3.8, 4) is 11.8 Å². The fraction of sp³-hybridized carbons (Fsp3) is 0.259. The van der Waals surface area contributed by atoms with Crippen LogP contribution in [0.15, 0.2) is 60.7 Å². The molecule has 0 atom stereocenters. The molecule has 0 radical (unpaired) electrons. The Hall–Kier alpha value is -3.07. The van der Waals surface area contributed by atoms with Crippen LogP contribution in [-0.4, -0.2) is 13.2 Å². The summed E-state index contributed by atoms with van der Waals surface area (Å²) < 4.78 is 53.4. The highest BCUT2D eigenvalue weighted by Crippen LogP contribution is 2.28. The predicted molar refractivity (Wildman–Crippen MR) is 118 cm³/mol. The second-order valence-corrected chi connectivity index (χ2v) is 7.80. The van der Waals surface area contributed by atoms with E-state index in [2.05, 4.69) is 17.9 Å². The molecule has 0 spiro atoms. The van der Waals surface area contributed by atoms with Gasteiger partial charge >= 0.3 is 0 Å². The highest BCUT2D eigenvalue weighted by atomic mass is 19.2. The van der Waals surface area contributed by atoms with Crippen molar-refractivity contribution >= 4 is 10.8 Å². The van der Waals surface area contributed by atoms with Crippen molar-refractivity contribution in [1.82, 2.24) is 0 Å². The molecule has 0 N–H and O–H groups in total. The first kappa shape index (κ1) is 22.1. The lowest BCUT2D eigenvalue weighted by Gasteiger charge is -2.29. The van der Waals surface area contributed by atoms with Gasteiger partial charge in [0.2, 0.25) is 0 Å². The van der Waals surface area contributed by atoms with Crippen molar-refractivity contribution in [2.45, 2.75) is 26.1 Å². The maximum atomic E-state index is 14.6. The summed E-state index contributed by atoms with van der Waals surface area (Å²) in [6.45, 7) is 3.16. The molecule has 1 aliphatic heterocycles. The fourth-order valence-electron chi connectivity index (χ4n) is 3.66. The molecule has 1 aliphatic rings. The van der Waals surface area contributed by atoms with E-state index in [-0.39, 0.29) is 10.9 Å². The van der Waals surface area contributed by atoms with Gasteiger partial charge in [0.05, 0.1) is 18.8 Å². The summed E-state index contributed by atoms with van der Waals surface area (Å²) in [5, 5.41) is 0.713. The van der Waals surface area contributed by atoms with Gasteiger partial charge in [-0.05, 0) is 55.5 Å². The molecule has 3 aromatic carbocycles. The molecule has 1 saturated heterocycles. The van der Waals surface area contributed by atoms with E-state index in [0.29, 0.717) is 35.6 Å². The summed E-state index contributed by atoms with van der Waals surface area (Å²) in [6, 6.07) is 12.0. The van der Waals surface area contributed by atoms with E-state index in [4.69, 9.17) is 9.47 Å². The van der Waals surface area contributed by atoms with Gasteiger partial charge in [0.15, 0.2) is 17.9 Å². The largest absolute Gasteiger partial charge is 0.348 e. The third-order valence-electron chi connectivity index (χ3n) is 5.46. The van der Waals surface area contributed by atoms with Gasteiger partial charge in [0.25, 0.3) is 0 Å². The molecule has 5 heteroatoms. The molecule has 32 heavy (non-hydrogen) atoms. The average molecular weight is 436 g/mol. The minimum atomic E-state index is -0.895. The van der Waals surface area contributed by atoms with Crippen LogP contribution in [-0.2, 0) is 9.47 Å². The molecular weight excluding hydrogens is 413 g/mol. The number of ether oxygens (including phenoxy) is 2. The second kappa shape index (κ2) is 10.0. The first-order chi connectivity index (χ1) is 15.5. The molecule has 1 fully saturated rings. The minimum Gasteiger partial charge on any atom is -0.348 e. The van der Waals surface area contributed by atoms with Crippen LogP contribution in [0, 0.1) is 35.2 Å². The van der Waals surface area contributed by atoms with E-state index in [1.54, 1.807) is 24.3 Å². The van der Waals surface area contributed by atoms with Crippen LogP contribution >= 0.6 is 0 Å². The van der Waals surface area contributed by atoms with Gasteiger partial charge in [-0.25, -0.2) is 13.2 Å². The van der Waals surface area contributed by atoms with Crippen LogP contribution in [0.25, 0.3) is 10.8 Å². The van der Waals surface area contributed by atoms with Crippen LogP contribution in [0.4, 0.5) is 13.2 Å². The number of benzene rings is 3. The Morgan fingerprint density at radius 3 is 2.50 bits per heavy atom. The predicted octanol–water partition coefficient (Wildman–Crippen LogP) is 6.67. The Kier molecular flexibility index (Phi) is 6.94. The van der Waals surface area contributed by atoms with Crippen molar-refractivity contribution < 1.29 is 22.6 Å². The third-order valence-corrected chi connectivity index (χ3v) is 5.46. The van der Waals surface area contributed by atoms with Gasteiger partial charge < -0.3 is 9.47 Å². The van der Waals surface area contributed by atoms with Crippen LogP contribution in [0.5, 0.6) is 0 Å². The van der Waals surface area contributed by atoms with Crippen LogP contribution in [0.2, 0.25) is 0 Å². The first-order valence-corrected chi connectivity index (χ1v) is 10.6. The lowest BCUT2D eigenvalue weighted by Crippen LogP contribution is -2.27. The zero-order chi connectivity index (χ0) is 22.5. The smallest absolute Gasteiger partial charge is 0.183 e.